The Kier molecular flexibility index (Phi) is 7.48. The zero-order valence-corrected chi connectivity index (χ0v) is 15.2. The third-order valence-corrected chi connectivity index (χ3v) is 4.55. The fraction of sp³-hybridized carbons (Fsp3) is 0.381. The van der Waals surface area contributed by atoms with Crippen LogP contribution >= 0.6 is 0 Å². The van der Waals surface area contributed by atoms with Gasteiger partial charge in [0.25, 0.3) is 0 Å². The summed E-state index contributed by atoms with van der Waals surface area (Å²) in [6.07, 6.45) is 1.99. The second-order valence-corrected chi connectivity index (χ2v) is 6.48. The number of nitrogens with two attached hydrogens (primary N) is 1. The zero-order chi connectivity index (χ0) is 18.1. The van der Waals surface area contributed by atoms with Crippen LogP contribution in [0.25, 0.3) is 0 Å². The molecule has 2 rings (SSSR count). The van der Waals surface area contributed by atoms with Crippen LogP contribution in [0.3, 0.4) is 0 Å². The highest BCUT2D eigenvalue weighted by atomic mass is 16.1. The van der Waals surface area contributed by atoms with Gasteiger partial charge in [0.2, 0.25) is 5.91 Å². The van der Waals surface area contributed by atoms with Crippen molar-refractivity contribution in [1.82, 2.24) is 5.32 Å². The van der Waals surface area contributed by atoms with Crippen molar-refractivity contribution in [3.05, 3.63) is 66.2 Å². The predicted molar refractivity (Wildman–Crippen MR) is 104 cm³/mol. The van der Waals surface area contributed by atoms with Crippen LogP contribution in [-0.2, 0) is 4.79 Å². The summed E-state index contributed by atoms with van der Waals surface area (Å²) >= 11 is 0. The Morgan fingerprint density at radius 2 is 1.64 bits per heavy atom. The van der Waals surface area contributed by atoms with Crippen LogP contribution in [0.1, 0.15) is 31.4 Å². The predicted octanol–water partition coefficient (Wildman–Crippen LogP) is 3.36. The Labute approximate surface area is 151 Å². The molecule has 0 aliphatic rings. The van der Waals surface area contributed by atoms with Crippen molar-refractivity contribution in [3.8, 4) is 0 Å². The summed E-state index contributed by atoms with van der Waals surface area (Å²) in [6.45, 7) is 3.54. The number of anilines is 1. The van der Waals surface area contributed by atoms with E-state index in [1.165, 1.54) is 5.69 Å². The van der Waals surface area contributed by atoms with E-state index in [1.807, 2.05) is 55.5 Å². The maximum Gasteiger partial charge on any atom is 0.224 e. The lowest BCUT2D eigenvalue weighted by atomic mass is 9.94. The van der Waals surface area contributed by atoms with E-state index in [2.05, 4.69) is 29.4 Å². The molecule has 1 amide bonds. The quantitative estimate of drug-likeness (QED) is 0.689. The lowest BCUT2D eigenvalue weighted by molar-refractivity contribution is -0.125. The van der Waals surface area contributed by atoms with E-state index in [0.29, 0.717) is 6.54 Å². The second-order valence-electron chi connectivity index (χ2n) is 6.48. The van der Waals surface area contributed by atoms with E-state index < -0.39 is 0 Å². The average molecular weight is 339 g/mol. The van der Waals surface area contributed by atoms with Crippen LogP contribution in [0, 0.1) is 5.92 Å². The van der Waals surface area contributed by atoms with Gasteiger partial charge < -0.3 is 16.0 Å². The minimum Gasteiger partial charge on any atom is -0.375 e. The third-order valence-electron chi connectivity index (χ3n) is 4.55. The fourth-order valence-electron chi connectivity index (χ4n) is 2.79. The number of amides is 1. The van der Waals surface area contributed by atoms with Gasteiger partial charge in [-0.1, -0.05) is 55.5 Å². The highest BCUT2D eigenvalue weighted by Gasteiger charge is 2.21. The summed E-state index contributed by atoms with van der Waals surface area (Å²) in [5.74, 6) is -0.220. The van der Waals surface area contributed by atoms with Gasteiger partial charge in [0.15, 0.2) is 0 Å². The number of unbranched alkanes of at least 4 members (excludes halogenated alkanes) is 1. The largest absolute Gasteiger partial charge is 0.375 e. The number of rotatable bonds is 9. The van der Waals surface area contributed by atoms with Crippen LogP contribution in [-0.4, -0.2) is 26.0 Å². The van der Waals surface area contributed by atoms with Crippen molar-refractivity contribution in [1.29, 1.82) is 0 Å². The number of para-hydroxylation sites is 1. The number of benzene rings is 2. The molecule has 3 N–H and O–H groups in total. The molecule has 2 aromatic carbocycles. The van der Waals surface area contributed by atoms with Gasteiger partial charge in [0.05, 0.1) is 5.92 Å². The van der Waals surface area contributed by atoms with Gasteiger partial charge in [-0.25, -0.2) is 0 Å². The fourth-order valence-corrected chi connectivity index (χ4v) is 2.79. The Bertz CT molecular complexity index is 630. The van der Waals surface area contributed by atoms with E-state index in [9.17, 15) is 4.79 Å². The molecule has 25 heavy (non-hydrogen) atoms. The molecule has 4 nitrogen and oxygen atoms in total. The minimum atomic E-state index is -0.273. The Morgan fingerprint density at radius 3 is 2.28 bits per heavy atom. The SMILES string of the molecule is CC(C(=O)NCCCCN(C)c1ccccc1)C(N)c1ccccc1. The first-order valence-electron chi connectivity index (χ1n) is 8.94. The van der Waals surface area contributed by atoms with Gasteiger partial charge in [0.1, 0.15) is 0 Å². The minimum absolute atomic E-state index is 0.0211. The maximum absolute atomic E-state index is 12.3. The van der Waals surface area contributed by atoms with Gasteiger partial charge in [-0.05, 0) is 30.5 Å². The van der Waals surface area contributed by atoms with Crippen molar-refractivity contribution in [3.63, 3.8) is 0 Å². The smallest absolute Gasteiger partial charge is 0.224 e. The molecule has 4 heteroatoms. The molecule has 0 aromatic heterocycles. The summed E-state index contributed by atoms with van der Waals surface area (Å²) < 4.78 is 0. The van der Waals surface area contributed by atoms with Crippen molar-refractivity contribution < 1.29 is 4.79 Å². The van der Waals surface area contributed by atoms with Crippen molar-refractivity contribution in [2.45, 2.75) is 25.8 Å². The van der Waals surface area contributed by atoms with Crippen molar-refractivity contribution >= 4 is 11.6 Å². The summed E-state index contributed by atoms with van der Waals surface area (Å²) in [6, 6.07) is 19.8. The van der Waals surface area contributed by atoms with Crippen LogP contribution in [0.4, 0.5) is 5.69 Å². The lowest BCUT2D eigenvalue weighted by Gasteiger charge is -2.21. The first-order valence-corrected chi connectivity index (χ1v) is 8.94. The van der Waals surface area contributed by atoms with Crippen LogP contribution in [0.5, 0.6) is 0 Å². The topological polar surface area (TPSA) is 58.4 Å². The van der Waals surface area contributed by atoms with Crippen LogP contribution in [0.15, 0.2) is 60.7 Å². The molecule has 0 aliphatic heterocycles. The molecule has 0 fully saturated rings. The van der Waals surface area contributed by atoms with E-state index >= 15 is 0 Å². The molecule has 2 unspecified atom stereocenters. The van der Waals surface area contributed by atoms with Crippen molar-refractivity contribution in [2.24, 2.45) is 11.7 Å². The van der Waals surface area contributed by atoms with E-state index in [4.69, 9.17) is 5.73 Å². The number of carbonyl (C=O) groups excluding carboxylic acids is 1. The molecule has 2 aromatic rings. The molecular formula is C21H29N3O. The second kappa shape index (κ2) is 9.84. The van der Waals surface area contributed by atoms with Gasteiger partial charge in [0, 0.05) is 31.9 Å². The molecule has 134 valence electrons. The maximum atomic E-state index is 12.3. The number of hydrogen-bond acceptors (Lipinski definition) is 3. The first kappa shape index (κ1) is 19.0. The number of hydrogen-bond donors (Lipinski definition) is 2. The standard InChI is InChI=1S/C21H29N3O/c1-17(20(22)18-11-5-3-6-12-18)21(25)23-15-9-10-16-24(2)19-13-7-4-8-14-19/h3-8,11-14,17,20H,9-10,15-16,22H2,1-2H3,(H,23,25). The van der Waals surface area contributed by atoms with E-state index in [1.54, 1.807) is 0 Å². The molecule has 0 aliphatic carbocycles. The number of carbonyl (C=O) groups is 1. The van der Waals surface area contributed by atoms with Gasteiger partial charge in [-0.3, -0.25) is 4.79 Å². The lowest BCUT2D eigenvalue weighted by Crippen LogP contribution is -2.36. The third kappa shape index (κ3) is 5.91. The average Bonchev–Trinajstić information content (AvgIpc) is 2.67. The molecule has 0 saturated carbocycles. The van der Waals surface area contributed by atoms with Gasteiger partial charge >= 0.3 is 0 Å². The van der Waals surface area contributed by atoms with Gasteiger partial charge in [-0.2, -0.15) is 0 Å². The summed E-state index contributed by atoms with van der Waals surface area (Å²) in [5.41, 5.74) is 8.42. The summed E-state index contributed by atoms with van der Waals surface area (Å²) in [7, 11) is 2.09. The molecule has 0 spiro atoms. The van der Waals surface area contributed by atoms with Crippen LogP contribution < -0.4 is 16.0 Å². The normalized spacial score (nSPS) is 13.1. The molecule has 2 atom stereocenters. The molecule has 0 bridgehead atoms. The molecule has 0 heterocycles. The molecular weight excluding hydrogens is 310 g/mol. The van der Waals surface area contributed by atoms with Gasteiger partial charge in [-0.15, -0.1) is 0 Å². The zero-order valence-electron chi connectivity index (χ0n) is 15.2. The summed E-state index contributed by atoms with van der Waals surface area (Å²) in [5, 5.41) is 3.01. The highest BCUT2D eigenvalue weighted by Crippen LogP contribution is 2.19. The molecule has 0 radical (unpaired) electrons. The van der Waals surface area contributed by atoms with E-state index in [-0.39, 0.29) is 17.9 Å². The molecule has 0 saturated heterocycles. The monoisotopic (exact) mass is 339 g/mol. The highest BCUT2D eigenvalue weighted by molar-refractivity contribution is 5.79. The number of nitrogens with zero attached hydrogens (tertiary/aromatic N) is 1. The summed E-state index contributed by atoms with van der Waals surface area (Å²) in [4.78, 5) is 14.5. The number of nitrogens with one attached hydrogen (secondary N) is 1. The Morgan fingerprint density at radius 1 is 1.04 bits per heavy atom. The first-order chi connectivity index (χ1) is 12.1. The Balaban J connectivity index is 1.66. The Hall–Kier alpha value is -2.33. The van der Waals surface area contributed by atoms with E-state index in [0.717, 1.165) is 24.9 Å². The van der Waals surface area contributed by atoms with Crippen LogP contribution in [0.2, 0.25) is 0 Å². The van der Waals surface area contributed by atoms with Crippen molar-refractivity contribution in [2.75, 3.05) is 25.0 Å².